The van der Waals surface area contributed by atoms with Crippen LogP contribution in [0.4, 0.5) is 0 Å². The minimum atomic E-state index is -1.10. The lowest BCUT2D eigenvalue weighted by Crippen LogP contribution is -2.34. The number of carbonyl (C=O) groups is 2. The van der Waals surface area contributed by atoms with E-state index < -0.39 is 11.4 Å². The maximum atomic E-state index is 13.2. The second-order valence-corrected chi connectivity index (χ2v) is 9.97. The van der Waals surface area contributed by atoms with Crippen molar-refractivity contribution in [3.8, 4) is 5.75 Å². The van der Waals surface area contributed by atoms with Crippen LogP contribution < -0.4 is 4.74 Å². The van der Waals surface area contributed by atoms with Crippen LogP contribution in [0.25, 0.3) is 0 Å². The number of hydrogen-bond donors (Lipinski definition) is 1. The summed E-state index contributed by atoms with van der Waals surface area (Å²) in [5.41, 5.74) is 2.59. The predicted octanol–water partition coefficient (Wildman–Crippen LogP) is 6.13. The SMILES string of the molecule is COc1ccc(C(=O)CC2(C(=O)O)Cc3ccccc3C2)cc1SCCc1cccc(Cl)c1. The number of carboxylic acids is 1. The van der Waals surface area contributed by atoms with Gasteiger partial charge in [0.15, 0.2) is 5.78 Å². The van der Waals surface area contributed by atoms with Crippen LogP contribution in [0.2, 0.25) is 5.02 Å². The zero-order chi connectivity index (χ0) is 23.4. The number of thioether (sulfide) groups is 1. The average Bonchev–Trinajstić information content (AvgIpc) is 3.18. The zero-order valence-electron chi connectivity index (χ0n) is 18.3. The number of aryl methyl sites for hydroxylation is 1. The highest BCUT2D eigenvalue weighted by Gasteiger charge is 2.45. The van der Waals surface area contributed by atoms with Gasteiger partial charge in [0.05, 0.1) is 17.4 Å². The number of fused-ring (bicyclic) bond motifs is 1. The molecule has 4 nitrogen and oxygen atoms in total. The van der Waals surface area contributed by atoms with E-state index in [4.69, 9.17) is 16.3 Å². The molecule has 1 aliphatic rings. The van der Waals surface area contributed by atoms with Gasteiger partial charge in [0.2, 0.25) is 0 Å². The van der Waals surface area contributed by atoms with Crippen LogP contribution in [0.15, 0.2) is 71.6 Å². The molecule has 0 saturated carbocycles. The fourth-order valence-corrected chi connectivity index (χ4v) is 5.66. The molecular weight excluding hydrogens is 456 g/mol. The first kappa shape index (κ1) is 23.4. The van der Waals surface area contributed by atoms with Gasteiger partial charge in [-0.2, -0.15) is 0 Å². The molecule has 0 atom stereocenters. The summed E-state index contributed by atoms with van der Waals surface area (Å²) in [6.07, 6.45) is 1.55. The summed E-state index contributed by atoms with van der Waals surface area (Å²) in [5, 5.41) is 10.7. The molecule has 0 heterocycles. The van der Waals surface area contributed by atoms with Crippen LogP contribution >= 0.6 is 23.4 Å². The van der Waals surface area contributed by atoms with E-state index in [0.29, 0.717) is 29.2 Å². The van der Waals surface area contributed by atoms with Crippen LogP contribution in [-0.2, 0) is 24.1 Å². The van der Waals surface area contributed by atoms with Crippen LogP contribution in [-0.4, -0.2) is 29.7 Å². The monoisotopic (exact) mass is 480 g/mol. The van der Waals surface area contributed by atoms with Crippen molar-refractivity contribution in [2.24, 2.45) is 5.41 Å². The molecular formula is C27H25ClO4S. The number of ether oxygens (including phenoxy) is 1. The number of hydrogen-bond acceptors (Lipinski definition) is 4. The first-order valence-electron chi connectivity index (χ1n) is 10.8. The van der Waals surface area contributed by atoms with Gasteiger partial charge in [-0.25, -0.2) is 0 Å². The van der Waals surface area contributed by atoms with E-state index in [1.165, 1.54) is 0 Å². The predicted molar refractivity (Wildman–Crippen MR) is 132 cm³/mol. The third-order valence-corrected chi connectivity index (χ3v) is 7.43. The first-order chi connectivity index (χ1) is 15.9. The van der Waals surface area contributed by atoms with Gasteiger partial charge >= 0.3 is 5.97 Å². The Hall–Kier alpha value is -2.76. The quantitative estimate of drug-likeness (QED) is 0.295. The molecule has 3 aromatic rings. The lowest BCUT2D eigenvalue weighted by atomic mass is 9.79. The highest BCUT2D eigenvalue weighted by molar-refractivity contribution is 7.99. The molecule has 0 fully saturated rings. The number of Topliss-reactive ketones (excluding diaryl/α,β-unsaturated/α-hetero) is 1. The summed E-state index contributed by atoms with van der Waals surface area (Å²) < 4.78 is 5.49. The third kappa shape index (κ3) is 5.26. The van der Waals surface area contributed by atoms with Crippen molar-refractivity contribution in [2.75, 3.05) is 12.9 Å². The number of carboxylic acid groups (broad SMARTS) is 1. The fraction of sp³-hybridized carbons (Fsp3) is 0.259. The van der Waals surface area contributed by atoms with Crippen LogP contribution in [0, 0.1) is 5.41 Å². The van der Waals surface area contributed by atoms with E-state index in [9.17, 15) is 14.7 Å². The van der Waals surface area contributed by atoms with Gasteiger partial charge in [0, 0.05) is 22.8 Å². The zero-order valence-corrected chi connectivity index (χ0v) is 19.9. The lowest BCUT2D eigenvalue weighted by Gasteiger charge is -2.23. The molecule has 6 heteroatoms. The minimum Gasteiger partial charge on any atom is -0.496 e. The van der Waals surface area contributed by atoms with E-state index in [-0.39, 0.29) is 12.2 Å². The molecule has 1 aliphatic carbocycles. The molecule has 0 saturated heterocycles. The molecule has 0 bridgehead atoms. The van der Waals surface area contributed by atoms with Crippen molar-refractivity contribution < 1.29 is 19.4 Å². The van der Waals surface area contributed by atoms with E-state index in [2.05, 4.69) is 0 Å². The highest BCUT2D eigenvalue weighted by Crippen LogP contribution is 2.41. The van der Waals surface area contributed by atoms with Crippen LogP contribution in [0.5, 0.6) is 5.75 Å². The number of methoxy groups -OCH3 is 1. The molecule has 170 valence electrons. The van der Waals surface area contributed by atoms with Gasteiger partial charge < -0.3 is 9.84 Å². The molecule has 0 aromatic heterocycles. The van der Waals surface area contributed by atoms with Gasteiger partial charge in [0.1, 0.15) is 5.75 Å². The van der Waals surface area contributed by atoms with Crippen LogP contribution in [0.1, 0.15) is 33.5 Å². The summed E-state index contributed by atoms with van der Waals surface area (Å²) in [6, 6.07) is 20.8. The van der Waals surface area contributed by atoms with E-state index in [0.717, 1.165) is 33.8 Å². The van der Waals surface area contributed by atoms with Crippen molar-refractivity contribution in [2.45, 2.75) is 30.6 Å². The molecule has 0 amide bonds. The topological polar surface area (TPSA) is 63.6 Å². The second kappa shape index (κ2) is 10.0. The summed E-state index contributed by atoms with van der Waals surface area (Å²) >= 11 is 7.68. The molecule has 4 rings (SSSR count). The van der Waals surface area contributed by atoms with Gasteiger partial charge in [-0.15, -0.1) is 11.8 Å². The van der Waals surface area contributed by atoms with Crippen molar-refractivity contribution in [1.29, 1.82) is 0 Å². The Morgan fingerprint density at radius 1 is 1.03 bits per heavy atom. The normalized spacial score (nSPS) is 14.0. The number of aliphatic carboxylic acids is 1. The maximum Gasteiger partial charge on any atom is 0.310 e. The number of benzene rings is 3. The standard InChI is InChI=1S/C27H25ClO4S/c1-32-24-10-9-19(14-25(24)33-12-11-18-5-4-8-22(28)13-18)23(29)17-27(26(30)31)15-20-6-2-3-7-21(20)16-27/h2-10,13-14H,11-12,15-17H2,1H3,(H,30,31). The molecule has 33 heavy (non-hydrogen) atoms. The van der Waals surface area contributed by atoms with E-state index >= 15 is 0 Å². The fourth-order valence-electron chi connectivity index (χ4n) is 4.39. The minimum absolute atomic E-state index is 0.0318. The Bertz CT molecular complexity index is 1170. The number of rotatable bonds is 9. The molecule has 0 spiro atoms. The third-order valence-electron chi connectivity index (χ3n) is 6.15. The van der Waals surface area contributed by atoms with Gasteiger partial charge in [-0.1, -0.05) is 48.0 Å². The van der Waals surface area contributed by atoms with Gasteiger partial charge in [-0.05, 0) is 66.3 Å². The molecule has 0 aliphatic heterocycles. The van der Waals surface area contributed by atoms with Crippen LogP contribution in [0.3, 0.4) is 0 Å². The van der Waals surface area contributed by atoms with Gasteiger partial charge in [-0.3, -0.25) is 9.59 Å². The summed E-state index contributed by atoms with van der Waals surface area (Å²) in [6.45, 7) is 0. The maximum absolute atomic E-state index is 13.2. The van der Waals surface area contributed by atoms with Crippen molar-refractivity contribution in [1.82, 2.24) is 0 Å². The van der Waals surface area contributed by atoms with Crippen molar-refractivity contribution in [3.63, 3.8) is 0 Å². The Morgan fingerprint density at radius 2 is 1.76 bits per heavy atom. The Kier molecular flexibility index (Phi) is 7.11. The first-order valence-corrected chi connectivity index (χ1v) is 12.2. The smallest absolute Gasteiger partial charge is 0.310 e. The Morgan fingerprint density at radius 3 is 2.39 bits per heavy atom. The molecule has 3 aromatic carbocycles. The Balaban J connectivity index is 1.49. The van der Waals surface area contributed by atoms with Crippen molar-refractivity contribution in [3.05, 3.63) is 94.0 Å². The van der Waals surface area contributed by atoms with E-state index in [1.807, 2.05) is 54.6 Å². The molecule has 1 N–H and O–H groups in total. The van der Waals surface area contributed by atoms with Crippen molar-refractivity contribution >= 4 is 35.1 Å². The number of halogens is 1. The lowest BCUT2D eigenvalue weighted by molar-refractivity contribution is -0.148. The molecule has 0 unspecified atom stereocenters. The number of carbonyl (C=O) groups excluding carboxylic acids is 1. The number of ketones is 1. The summed E-state index contributed by atoms with van der Waals surface area (Å²) in [4.78, 5) is 26.3. The molecule has 0 radical (unpaired) electrons. The summed E-state index contributed by atoms with van der Waals surface area (Å²) in [7, 11) is 1.60. The highest BCUT2D eigenvalue weighted by atomic mass is 35.5. The van der Waals surface area contributed by atoms with E-state index in [1.54, 1.807) is 31.0 Å². The average molecular weight is 481 g/mol. The second-order valence-electron chi connectivity index (χ2n) is 8.40. The largest absolute Gasteiger partial charge is 0.496 e. The summed E-state index contributed by atoms with van der Waals surface area (Å²) in [5.74, 6) is 0.410. The Labute approximate surface area is 202 Å². The van der Waals surface area contributed by atoms with Gasteiger partial charge in [0.25, 0.3) is 0 Å².